The van der Waals surface area contributed by atoms with E-state index in [1.54, 1.807) is 30.3 Å². The molecule has 2 nitrogen and oxygen atoms in total. The van der Waals surface area contributed by atoms with Crippen LogP contribution < -0.4 is 4.74 Å². The van der Waals surface area contributed by atoms with Crippen molar-refractivity contribution in [3.05, 3.63) is 65.7 Å². The molecule has 0 aliphatic carbocycles. The van der Waals surface area contributed by atoms with E-state index in [4.69, 9.17) is 4.74 Å². The van der Waals surface area contributed by atoms with Gasteiger partial charge in [0.05, 0.1) is 5.56 Å². The number of ether oxygens (including phenoxy) is 1. The first-order valence-corrected chi connectivity index (χ1v) is 5.57. The summed E-state index contributed by atoms with van der Waals surface area (Å²) < 4.78 is 5.28. The zero-order valence-electron chi connectivity index (χ0n) is 9.64. The van der Waals surface area contributed by atoms with Crippen LogP contribution in [0.3, 0.4) is 0 Å². The number of carbonyl (C=O) groups excluding carboxylic acids is 1. The summed E-state index contributed by atoms with van der Waals surface area (Å²) in [6.45, 7) is 2.02. The summed E-state index contributed by atoms with van der Waals surface area (Å²) in [7, 11) is 0. The highest BCUT2D eigenvalue weighted by molar-refractivity contribution is 5.92. The minimum Gasteiger partial charge on any atom is -0.423 e. The van der Waals surface area contributed by atoms with E-state index in [-0.39, 0.29) is 5.97 Å². The van der Waals surface area contributed by atoms with Crippen molar-refractivity contribution in [3.8, 4) is 5.75 Å². The molecule has 2 heteroatoms. The van der Waals surface area contributed by atoms with Crippen LogP contribution in [0.4, 0.5) is 0 Å². The first-order valence-electron chi connectivity index (χ1n) is 5.57. The third-order valence-corrected chi connectivity index (χ3v) is 2.52. The molecule has 17 heavy (non-hydrogen) atoms. The smallest absolute Gasteiger partial charge is 0.343 e. The van der Waals surface area contributed by atoms with Crippen molar-refractivity contribution in [1.82, 2.24) is 0 Å². The van der Waals surface area contributed by atoms with Crippen LogP contribution in [0.1, 0.15) is 22.8 Å². The van der Waals surface area contributed by atoms with E-state index >= 15 is 0 Å². The molecule has 0 heterocycles. The summed E-state index contributed by atoms with van der Waals surface area (Å²) in [5.41, 5.74) is 1.63. The zero-order chi connectivity index (χ0) is 12.1. The van der Waals surface area contributed by atoms with Gasteiger partial charge in [-0.2, -0.15) is 0 Å². The molecule has 0 fully saturated rings. The van der Waals surface area contributed by atoms with Crippen molar-refractivity contribution >= 4 is 5.97 Å². The molecule has 0 aliphatic heterocycles. The number of hydrogen-bond donors (Lipinski definition) is 0. The minimum absolute atomic E-state index is 0.311. The molecule has 0 atom stereocenters. The van der Waals surface area contributed by atoms with Crippen molar-refractivity contribution in [3.63, 3.8) is 0 Å². The predicted molar refractivity (Wildman–Crippen MR) is 66.1 cm³/mol. The fourth-order valence-electron chi connectivity index (χ4n) is 1.63. The third kappa shape index (κ3) is 2.72. The average Bonchev–Trinajstić information content (AvgIpc) is 2.40. The fourth-order valence-corrected chi connectivity index (χ4v) is 1.63. The first kappa shape index (κ1) is 11.4. The molecule has 0 amide bonds. The van der Waals surface area contributed by atoms with Gasteiger partial charge in [-0.1, -0.05) is 37.3 Å². The molecular weight excluding hydrogens is 212 g/mol. The number of aryl methyl sites for hydroxylation is 1. The molecular formula is C15H13O2. The van der Waals surface area contributed by atoms with Gasteiger partial charge in [-0.15, -0.1) is 0 Å². The Morgan fingerprint density at radius 2 is 1.88 bits per heavy atom. The van der Waals surface area contributed by atoms with Crippen LogP contribution in [0.5, 0.6) is 5.75 Å². The van der Waals surface area contributed by atoms with Gasteiger partial charge in [0.15, 0.2) is 0 Å². The van der Waals surface area contributed by atoms with E-state index in [0.29, 0.717) is 11.3 Å². The first-order chi connectivity index (χ1) is 8.31. The Balaban J connectivity index is 2.20. The van der Waals surface area contributed by atoms with Crippen LogP contribution in [-0.2, 0) is 6.42 Å². The van der Waals surface area contributed by atoms with Crippen molar-refractivity contribution < 1.29 is 9.53 Å². The number of esters is 1. The molecule has 0 saturated heterocycles. The van der Waals surface area contributed by atoms with Gasteiger partial charge in [0.1, 0.15) is 5.75 Å². The fraction of sp³-hybridized carbons (Fsp3) is 0.133. The highest BCUT2D eigenvalue weighted by Gasteiger charge is 2.11. The Morgan fingerprint density at radius 3 is 2.59 bits per heavy atom. The molecule has 0 bridgehead atoms. The lowest BCUT2D eigenvalue weighted by atomic mass is 10.1. The molecule has 0 aromatic heterocycles. The van der Waals surface area contributed by atoms with Crippen LogP contribution in [-0.4, -0.2) is 5.97 Å². The second-order valence-corrected chi connectivity index (χ2v) is 3.64. The minimum atomic E-state index is -0.311. The van der Waals surface area contributed by atoms with Gasteiger partial charge >= 0.3 is 5.97 Å². The zero-order valence-corrected chi connectivity index (χ0v) is 9.64. The average molecular weight is 225 g/mol. The van der Waals surface area contributed by atoms with Gasteiger partial charge in [-0.25, -0.2) is 4.79 Å². The molecule has 0 spiro atoms. The van der Waals surface area contributed by atoms with E-state index < -0.39 is 0 Å². The summed E-state index contributed by atoms with van der Waals surface area (Å²) in [5, 5.41) is 0. The number of hydrogen-bond acceptors (Lipinski definition) is 2. The Bertz CT molecular complexity index is 503. The van der Waals surface area contributed by atoms with Gasteiger partial charge in [0, 0.05) is 0 Å². The van der Waals surface area contributed by atoms with Crippen LogP contribution in [0, 0.1) is 6.07 Å². The third-order valence-electron chi connectivity index (χ3n) is 2.52. The summed E-state index contributed by atoms with van der Waals surface area (Å²) in [6, 6.07) is 17.2. The molecule has 0 unspecified atom stereocenters. The van der Waals surface area contributed by atoms with E-state index in [0.717, 1.165) is 12.0 Å². The molecule has 2 aromatic rings. The predicted octanol–water partition coefficient (Wildman–Crippen LogP) is 3.27. The van der Waals surface area contributed by atoms with Gasteiger partial charge < -0.3 is 4.74 Å². The largest absolute Gasteiger partial charge is 0.423 e. The van der Waals surface area contributed by atoms with E-state index in [2.05, 4.69) is 6.07 Å². The maximum absolute atomic E-state index is 12.0. The quantitative estimate of drug-likeness (QED) is 0.592. The highest BCUT2D eigenvalue weighted by Crippen LogP contribution is 2.14. The van der Waals surface area contributed by atoms with Gasteiger partial charge in [-0.3, -0.25) is 0 Å². The molecule has 85 valence electrons. The van der Waals surface area contributed by atoms with Crippen molar-refractivity contribution in [2.24, 2.45) is 0 Å². The topological polar surface area (TPSA) is 26.3 Å². The number of benzene rings is 2. The highest BCUT2D eigenvalue weighted by atomic mass is 16.5. The second kappa shape index (κ2) is 5.30. The van der Waals surface area contributed by atoms with E-state index in [1.165, 1.54) is 0 Å². The van der Waals surface area contributed by atoms with Crippen LogP contribution in [0.2, 0.25) is 0 Å². The maximum Gasteiger partial charge on any atom is 0.343 e. The monoisotopic (exact) mass is 225 g/mol. The van der Waals surface area contributed by atoms with Crippen LogP contribution in [0.25, 0.3) is 0 Å². The van der Waals surface area contributed by atoms with Crippen molar-refractivity contribution in [1.29, 1.82) is 0 Å². The standard InChI is InChI=1S/C15H13O2/c1-2-12-8-6-7-11-14(12)15(16)17-13-9-4-3-5-10-13/h4-11H,2H2,1H3. The molecule has 0 N–H and O–H groups in total. The Hall–Kier alpha value is -2.09. The van der Waals surface area contributed by atoms with Crippen molar-refractivity contribution in [2.75, 3.05) is 0 Å². The SMILES string of the molecule is CCc1ccccc1C(=O)Oc1cc[c]cc1. The summed E-state index contributed by atoms with van der Waals surface area (Å²) in [5.74, 6) is 0.230. The Labute approximate surface area is 101 Å². The Kier molecular flexibility index (Phi) is 3.55. The molecule has 0 aliphatic rings. The van der Waals surface area contributed by atoms with Gasteiger partial charge in [-0.05, 0) is 36.2 Å². The van der Waals surface area contributed by atoms with Gasteiger partial charge in [0.2, 0.25) is 0 Å². The van der Waals surface area contributed by atoms with Crippen molar-refractivity contribution in [2.45, 2.75) is 13.3 Å². The summed E-state index contributed by atoms with van der Waals surface area (Å²) in [6.07, 6.45) is 0.813. The lowest BCUT2D eigenvalue weighted by Gasteiger charge is -2.07. The maximum atomic E-state index is 12.0. The Morgan fingerprint density at radius 1 is 1.18 bits per heavy atom. The normalized spacial score (nSPS) is 9.94. The molecule has 0 saturated carbocycles. The van der Waals surface area contributed by atoms with Gasteiger partial charge in [0.25, 0.3) is 0 Å². The molecule has 2 rings (SSSR count). The van der Waals surface area contributed by atoms with Crippen LogP contribution >= 0.6 is 0 Å². The molecule has 1 radical (unpaired) electrons. The lowest BCUT2D eigenvalue weighted by molar-refractivity contribution is 0.0733. The van der Waals surface area contributed by atoms with Crippen LogP contribution in [0.15, 0.2) is 48.5 Å². The number of rotatable bonds is 3. The summed E-state index contributed by atoms with van der Waals surface area (Å²) in [4.78, 5) is 12.0. The van der Waals surface area contributed by atoms with E-state index in [1.807, 2.05) is 25.1 Å². The molecule has 2 aromatic carbocycles. The number of carbonyl (C=O) groups is 1. The second-order valence-electron chi connectivity index (χ2n) is 3.64. The summed E-state index contributed by atoms with van der Waals surface area (Å²) >= 11 is 0. The lowest BCUT2D eigenvalue weighted by Crippen LogP contribution is -2.10. The van der Waals surface area contributed by atoms with E-state index in [9.17, 15) is 4.79 Å².